The summed E-state index contributed by atoms with van der Waals surface area (Å²) >= 11 is 1.29. The normalized spacial score (nSPS) is 24.0. The van der Waals surface area contributed by atoms with Crippen molar-refractivity contribution in [1.29, 1.82) is 0 Å². The zero-order valence-corrected chi connectivity index (χ0v) is 19.3. The number of carboxylic acids is 1. The Hall–Kier alpha value is -2.71. The van der Waals surface area contributed by atoms with Crippen molar-refractivity contribution in [3.63, 3.8) is 0 Å². The minimum Gasteiger partial charge on any atom is -0.481 e. The van der Waals surface area contributed by atoms with E-state index in [-0.39, 0.29) is 6.10 Å². The molecule has 2 aliphatic rings. The number of benzene rings is 1. The van der Waals surface area contributed by atoms with Crippen LogP contribution in [0.2, 0.25) is 0 Å². The molecule has 4 atom stereocenters. The summed E-state index contributed by atoms with van der Waals surface area (Å²) in [7, 11) is 0. The first kappa shape index (κ1) is 22.5. The molecule has 2 aliphatic heterocycles. The number of anilines is 1. The first-order valence-electron chi connectivity index (χ1n) is 10.8. The van der Waals surface area contributed by atoms with Crippen molar-refractivity contribution in [3.8, 4) is 11.1 Å². The van der Waals surface area contributed by atoms with E-state index in [1.165, 1.54) is 11.3 Å². The lowest BCUT2D eigenvalue weighted by Crippen LogP contribution is -2.41. The Morgan fingerprint density at radius 3 is 2.31 bits per heavy atom. The van der Waals surface area contributed by atoms with Crippen LogP contribution in [0.4, 0.5) is 5.00 Å². The summed E-state index contributed by atoms with van der Waals surface area (Å²) in [6, 6.07) is 7.80. The zero-order chi connectivity index (χ0) is 23.2. The molecule has 4 rings (SSSR count). The molecule has 1 amide bonds. The second kappa shape index (κ2) is 8.67. The zero-order valence-electron chi connectivity index (χ0n) is 18.5. The van der Waals surface area contributed by atoms with E-state index in [9.17, 15) is 19.5 Å². The summed E-state index contributed by atoms with van der Waals surface area (Å²) in [5.41, 5.74) is 2.97. The van der Waals surface area contributed by atoms with E-state index in [1.54, 1.807) is 13.8 Å². The minimum absolute atomic E-state index is 0.300. The van der Waals surface area contributed by atoms with Gasteiger partial charge in [-0.25, -0.2) is 4.79 Å². The van der Waals surface area contributed by atoms with Gasteiger partial charge >= 0.3 is 11.9 Å². The van der Waals surface area contributed by atoms with Gasteiger partial charge in [-0.2, -0.15) is 0 Å². The number of hydrogen-bond acceptors (Lipinski definition) is 6. The molecule has 2 saturated heterocycles. The van der Waals surface area contributed by atoms with Crippen LogP contribution < -0.4 is 5.32 Å². The predicted octanol–water partition coefficient (Wildman–Crippen LogP) is 4.41. The fourth-order valence-electron chi connectivity index (χ4n) is 4.69. The van der Waals surface area contributed by atoms with Crippen LogP contribution in [0, 0.1) is 25.7 Å². The fraction of sp³-hybridized carbons (Fsp3) is 0.458. The predicted molar refractivity (Wildman–Crippen MR) is 121 cm³/mol. The number of aryl methyl sites for hydroxylation is 2. The van der Waals surface area contributed by atoms with Crippen LogP contribution in [-0.4, -0.2) is 41.3 Å². The largest absolute Gasteiger partial charge is 0.481 e. The third-order valence-corrected chi connectivity index (χ3v) is 7.09. The molecular formula is C24H27NO6S. The Morgan fingerprint density at radius 1 is 1.09 bits per heavy atom. The highest BCUT2D eigenvalue weighted by Gasteiger charge is 2.55. The van der Waals surface area contributed by atoms with Crippen LogP contribution in [0.1, 0.15) is 47.5 Å². The maximum atomic E-state index is 13.2. The van der Waals surface area contributed by atoms with E-state index in [4.69, 9.17) is 9.47 Å². The van der Waals surface area contributed by atoms with Crippen molar-refractivity contribution < 1.29 is 29.0 Å². The summed E-state index contributed by atoms with van der Waals surface area (Å²) < 4.78 is 11.2. The Balaban J connectivity index is 1.71. The summed E-state index contributed by atoms with van der Waals surface area (Å²) in [6.45, 7) is 7.42. The van der Waals surface area contributed by atoms with Gasteiger partial charge in [0.25, 0.3) is 0 Å². The third kappa shape index (κ3) is 4.04. The van der Waals surface area contributed by atoms with Crippen LogP contribution in [-0.2, 0) is 19.1 Å². The van der Waals surface area contributed by atoms with Gasteiger partial charge in [0, 0.05) is 10.4 Å². The molecule has 32 heavy (non-hydrogen) atoms. The minimum atomic E-state index is -1.03. The van der Waals surface area contributed by atoms with E-state index in [1.807, 2.05) is 38.1 Å². The molecule has 3 heterocycles. The van der Waals surface area contributed by atoms with Gasteiger partial charge in [0.05, 0.1) is 30.1 Å². The monoisotopic (exact) mass is 457 g/mol. The quantitative estimate of drug-likeness (QED) is 0.623. The Bertz CT molecular complexity index is 1060. The number of amides is 1. The number of carbonyl (C=O) groups is 3. The van der Waals surface area contributed by atoms with Crippen molar-refractivity contribution in [2.75, 3.05) is 5.32 Å². The molecule has 2 N–H and O–H groups in total. The van der Waals surface area contributed by atoms with Crippen LogP contribution in [0.5, 0.6) is 0 Å². The number of carboxylic acid groups (broad SMARTS) is 1. The molecule has 1 aromatic carbocycles. The van der Waals surface area contributed by atoms with Gasteiger partial charge in [-0.1, -0.05) is 29.8 Å². The molecule has 1 aromatic heterocycles. The van der Waals surface area contributed by atoms with Gasteiger partial charge in [-0.15, -0.1) is 11.3 Å². The molecule has 7 nitrogen and oxygen atoms in total. The molecule has 2 fully saturated rings. The Labute approximate surface area is 190 Å². The first-order valence-corrected chi connectivity index (χ1v) is 11.6. The second-order valence-electron chi connectivity index (χ2n) is 8.73. The van der Waals surface area contributed by atoms with Crippen LogP contribution in [0.3, 0.4) is 0 Å². The van der Waals surface area contributed by atoms with Gasteiger partial charge < -0.3 is 19.9 Å². The highest BCUT2D eigenvalue weighted by atomic mass is 32.1. The van der Waals surface area contributed by atoms with Gasteiger partial charge in [0.1, 0.15) is 10.6 Å². The van der Waals surface area contributed by atoms with E-state index in [2.05, 4.69) is 5.32 Å². The summed E-state index contributed by atoms with van der Waals surface area (Å²) in [5, 5.41) is 12.9. The number of thiophene rings is 1. The lowest BCUT2D eigenvalue weighted by Gasteiger charge is -2.23. The lowest BCUT2D eigenvalue weighted by atomic mass is 9.78. The van der Waals surface area contributed by atoms with Crippen LogP contribution in [0.15, 0.2) is 24.3 Å². The van der Waals surface area contributed by atoms with Crippen molar-refractivity contribution in [1.82, 2.24) is 0 Å². The molecule has 8 heteroatoms. The molecule has 0 saturated carbocycles. The average Bonchev–Trinajstić information content (AvgIpc) is 3.41. The van der Waals surface area contributed by atoms with Gasteiger partial charge in [0.15, 0.2) is 0 Å². The summed E-state index contributed by atoms with van der Waals surface area (Å²) in [5.74, 6) is -3.64. The molecule has 2 aromatic rings. The standard InChI is InChI=1S/C24H27NO6S/c1-11(2)30-24(29)20-17(14-7-5-12(3)6-8-14)13(4)32-22(20)25-21(26)18-15-9-10-16(31-15)19(18)23(27)28/h5-8,11,15-16,18-19H,9-10H2,1-4H3,(H,25,26)(H,27,28)/t15-,16-,18+,19+/m1/s1. The van der Waals surface area contributed by atoms with E-state index in [0.717, 1.165) is 21.6 Å². The highest BCUT2D eigenvalue weighted by molar-refractivity contribution is 7.17. The van der Waals surface area contributed by atoms with Crippen molar-refractivity contribution >= 4 is 34.2 Å². The summed E-state index contributed by atoms with van der Waals surface area (Å²) in [6.07, 6.45) is 0.129. The molecule has 170 valence electrons. The van der Waals surface area contributed by atoms with E-state index in [0.29, 0.717) is 23.4 Å². The number of rotatable bonds is 6. The third-order valence-electron chi connectivity index (χ3n) is 6.07. The molecule has 2 bridgehead atoms. The molecule has 0 radical (unpaired) electrons. The molecule has 0 aliphatic carbocycles. The van der Waals surface area contributed by atoms with E-state index >= 15 is 0 Å². The fourth-order valence-corrected chi connectivity index (χ4v) is 5.76. The smallest absolute Gasteiger partial charge is 0.342 e. The number of nitrogens with one attached hydrogen (secondary N) is 1. The van der Waals surface area contributed by atoms with Gasteiger partial charge in [0.2, 0.25) is 5.91 Å². The van der Waals surface area contributed by atoms with E-state index < -0.39 is 41.9 Å². The lowest BCUT2D eigenvalue weighted by molar-refractivity contribution is -0.147. The average molecular weight is 458 g/mol. The van der Waals surface area contributed by atoms with Crippen LogP contribution in [0.25, 0.3) is 11.1 Å². The van der Waals surface area contributed by atoms with Gasteiger partial charge in [-0.05, 0) is 46.1 Å². The maximum absolute atomic E-state index is 13.2. The number of esters is 1. The number of carbonyl (C=O) groups excluding carboxylic acids is 2. The molecule has 0 unspecified atom stereocenters. The maximum Gasteiger partial charge on any atom is 0.342 e. The van der Waals surface area contributed by atoms with Crippen molar-refractivity contribution in [2.24, 2.45) is 11.8 Å². The Morgan fingerprint density at radius 2 is 1.72 bits per heavy atom. The number of ether oxygens (including phenoxy) is 2. The molecular weight excluding hydrogens is 430 g/mol. The number of hydrogen-bond donors (Lipinski definition) is 2. The topological polar surface area (TPSA) is 102 Å². The highest BCUT2D eigenvalue weighted by Crippen LogP contribution is 2.45. The van der Waals surface area contributed by atoms with Crippen molar-refractivity contribution in [2.45, 2.75) is 58.8 Å². The number of aliphatic carboxylic acids is 1. The summed E-state index contributed by atoms with van der Waals surface area (Å²) in [4.78, 5) is 38.9. The SMILES string of the molecule is Cc1ccc(-c2c(C)sc(NC(=O)[C@@H]3[C@@H](C(=O)O)[C@H]4CC[C@H]3O4)c2C(=O)OC(C)C)cc1. The second-order valence-corrected chi connectivity index (χ2v) is 9.95. The first-order chi connectivity index (χ1) is 15.2. The number of fused-ring (bicyclic) bond motifs is 2. The van der Waals surface area contributed by atoms with Gasteiger partial charge in [-0.3, -0.25) is 9.59 Å². The Kier molecular flexibility index (Phi) is 6.09. The van der Waals surface area contributed by atoms with Crippen LogP contribution >= 0.6 is 11.3 Å². The molecule has 0 spiro atoms. The van der Waals surface area contributed by atoms with Crippen molar-refractivity contribution in [3.05, 3.63) is 40.3 Å².